The highest BCUT2D eigenvalue weighted by molar-refractivity contribution is 7.89. The number of amides is 1. The van der Waals surface area contributed by atoms with E-state index in [1.165, 1.54) is 18.2 Å². The number of nitrogens with zero attached hydrogens (tertiary/aromatic N) is 2. The molecule has 2 N–H and O–H groups in total. The predicted octanol–water partition coefficient (Wildman–Crippen LogP) is 4.79. The lowest BCUT2D eigenvalue weighted by molar-refractivity contribution is -0.132. The quantitative estimate of drug-likeness (QED) is 0.390. The standard InChI is InChI=1S/C33H44ClN3O6S/c1-21(22(2)44(35,40)41)14-31(38)36(3)17-25-7-8-26(25)18-37-19-33(13-5-6-23-15-27(34)10-11-28(23)33)20-43-30-12-9-24(16-29(30)37)32(39)42-4/h9-12,15-16,21-22,25-26H,5-8,13-14,17-20H2,1-4H3,(H2,35,40,41)/t21-,22-,25+,26+,33+/m1/s1. The molecule has 1 fully saturated rings. The second kappa shape index (κ2) is 12.9. The summed E-state index contributed by atoms with van der Waals surface area (Å²) in [6.07, 6.45) is 5.18. The average Bonchev–Trinajstić information content (AvgIpc) is 3.13. The van der Waals surface area contributed by atoms with Gasteiger partial charge in [0.1, 0.15) is 5.75 Å². The van der Waals surface area contributed by atoms with Gasteiger partial charge in [0, 0.05) is 43.5 Å². The lowest BCUT2D eigenvalue weighted by Crippen LogP contribution is -2.49. The molecule has 1 heterocycles. The largest absolute Gasteiger partial charge is 0.490 e. The molecule has 1 saturated carbocycles. The molecule has 2 aromatic carbocycles. The summed E-state index contributed by atoms with van der Waals surface area (Å²) in [5.41, 5.74) is 3.67. The van der Waals surface area contributed by atoms with Crippen LogP contribution < -0.4 is 14.8 Å². The molecular formula is C33H44ClN3O6S. The molecule has 2 aromatic rings. The first-order valence-corrected chi connectivity index (χ1v) is 17.4. The van der Waals surface area contributed by atoms with Crippen LogP contribution in [-0.4, -0.2) is 70.8 Å². The molecule has 11 heteroatoms. The molecule has 0 saturated heterocycles. The number of aryl methyl sites for hydroxylation is 1. The molecule has 0 bridgehead atoms. The molecule has 1 amide bonds. The normalized spacial score (nSPS) is 24.2. The van der Waals surface area contributed by atoms with Crippen LogP contribution in [0.3, 0.4) is 0 Å². The fourth-order valence-electron chi connectivity index (χ4n) is 7.14. The Kier molecular flexibility index (Phi) is 9.54. The van der Waals surface area contributed by atoms with Gasteiger partial charge in [0.25, 0.3) is 0 Å². The van der Waals surface area contributed by atoms with E-state index in [1.807, 2.05) is 18.2 Å². The summed E-state index contributed by atoms with van der Waals surface area (Å²) in [7, 11) is -0.530. The molecule has 3 aliphatic rings. The SMILES string of the molecule is COC(=O)c1ccc2c(c1)N(C[C@@H]1CC[C@H]1CN(C)C(=O)C[C@@H](C)[C@@H](C)S(N)(=O)=O)C[C@@]1(CCCc3cc(Cl)ccc31)CO2. The van der Waals surface area contributed by atoms with E-state index < -0.39 is 21.2 Å². The van der Waals surface area contributed by atoms with E-state index in [0.29, 0.717) is 30.6 Å². The van der Waals surface area contributed by atoms with Gasteiger partial charge < -0.3 is 19.3 Å². The van der Waals surface area contributed by atoms with Crippen LogP contribution in [0.15, 0.2) is 36.4 Å². The fraction of sp³-hybridized carbons (Fsp3) is 0.576. The minimum Gasteiger partial charge on any atom is -0.490 e. The molecule has 1 spiro atoms. The Morgan fingerprint density at radius 3 is 2.61 bits per heavy atom. The number of ether oxygens (including phenoxy) is 2. The zero-order chi connectivity index (χ0) is 31.8. The monoisotopic (exact) mass is 645 g/mol. The van der Waals surface area contributed by atoms with Crippen LogP contribution in [0.1, 0.15) is 67.4 Å². The molecule has 0 aromatic heterocycles. The number of primary sulfonamides is 1. The summed E-state index contributed by atoms with van der Waals surface area (Å²) in [4.78, 5) is 29.7. The lowest BCUT2D eigenvalue weighted by atomic mass is 9.69. The van der Waals surface area contributed by atoms with Crippen molar-refractivity contribution < 1.29 is 27.5 Å². The Balaban J connectivity index is 1.37. The van der Waals surface area contributed by atoms with Gasteiger partial charge in [-0.1, -0.05) is 24.6 Å². The van der Waals surface area contributed by atoms with Crippen molar-refractivity contribution in [3.63, 3.8) is 0 Å². The average molecular weight is 646 g/mol. The number of rotatable bonds is 9. The Morgan fingerprint density at radius 1 is 1.18 bits per heavy atom. The number of hydrogen-bond acceptors (Lipinski definition) is 7. The fourth-order valence-corrected chi connectivity index (χ4v) is 8.07. The molecule has 2 aliphatic carbocycles. The number of anilines is 1. The molecule has 44 heavy (non-hydrogen) atoms. The third-order valence-corrected chi connectivity index (χ3v) is 12.0. The van der Waals surface area contributed by atoms with Crippen LogP contribution in [0.25, 0.3) is 0 Å². The van der Waals surface area contributed by atoms with Crippen LogP contribution in [0.2, 0.25) is 5.02 Å². The van der Waals surface area contributed by atoms with Crippen molar-refractivity contribution in [2.75, 3.05) is 45.3 Å². The third-order valence-electron chi connectivity index (χ3n) is 10.2. The van der Waals surface area contributed by atoms with Gasteiger partial charge in [-0.05, 0) is 98.2 Å². The topological polar surface area (TPSA) is 119 Å². The first-order valence-electron chi connectivity index (χ1n) is 15.5. The molecule has 9 nitrogen and oxygen atoms in total. The number of esters is 1. The molecule has 5 atom stereocenters. The highest BCUT2D eigenvalue weighted by atomic mass is 35.5. The summed E-state index contributed by atoms with van der Waals surface area (Å²) >= 11 is 6.39. The van der Waals surface area contributed by atoms with Crippen LogP contribution in [-0.2, 0) is 31.4 Å². The zero-order valence-electron chi connectivity index (χ0n) is 26.1. The van der Waals surface area contributed by atoms with Gasteiger partial charge in [-0.25, -0.2) is 18.4 Å². The smallest absolute Gasteiger partial charge is 0.337 e. The first-order chi connectivity index (χ1) is 20.8. The van der Waals surface area contributed by atoms with E-state index in [9.17, 15) is 18.0 Å². The summed E-state index contributed by atoms with van der Waals surface area (Å²) in [6, 6.07) is 11.7. The number of sulfonamides is 1. The molecule has 0 radical (unpaired) electrons. The maximum absolute atomic E-state index is 13.0. The number of nitrogens with two attached hydrogens (primary N) is 1. The molecule has 0 unspecified atom stereocenters. The van der Waals surface area contributed by atoms with Crippen molar-refractivity contribution in [3.8, 4) is 5.75 Å². The van der Waals surface area contributed by atoms with E-state index in [0.717, 1.165) is 61.7 Å². The van der Waals surface area contributed by atoms with Crippen molar-refractivity contribution in [2.45, 2.75) is 63.0 Å². The van der Waals surface area contributed by atoms with E-state index in [1.54, 1.807) is 31.9 Å². The highest BCUT2D eigenvalue weighted by Gasteiger charge is 2.43. The van der Waals surface area contributed by atoms with E-state index in [-0.39, 0.29) is 23.7 Å². The Bertz CT molecular complexity index is 1520. The number of fused-ring (bicyclic) bond motifs is 3. The third kappa shape index (κ3) is 6.72. The van der Waals surface area contributed by atoms with E-state index in [2.05, 4.69) is 17.0 Å². The number of hydrogen-bond donors (Lipinski definition) is 1. The number of carbonyl (C=O) groups excluding carboxylic acids is 2. The number of benzene rings is 2. The second-order valence-electron chi connectivity index (χ2n) is 13.1. The van der Waals surface area contributed by atoms with Crippen molar-refractivity contribution >= 4 is 39.2 Å². The van der Waals surface area contributed by atoms with Crippen molar-refractivity contribution in [1.29, 1.82) is 0 Å². The summed E-state index contributed by atoms with van der Waals surface area (Å²) in [5, 5.41) is 5.27. The van der Waals surface area contributed by atoms with E-state index >= 15 is 0 Å². The van der Waals surface area contributed by atoms with Gasteiger partial charge in [0.15, 0.2) is 0 Å². The van der Waals surface area contributed by atoms with Gasteiger partial charge >= 0.3 is 5.97 Å². The highest BCUT2D eigenvalue weighted by Crippen LogP contribution is 2.46. The summed E-state index contributed by atoms with van der Waals surface area (Å²) < 4.78 is 35.1. The molecule has 5 rings (SSSR count). The Morgan fingerprint density at radius 2 is 1.93 bits per heavy atom. The summed E-state index contributed by atoms with van der Waals surface area (Å²) in [5.74, 6) is 0.545. The maximum atomic E-state index is 13.0. The Labute approximate surface area is 266 Å². The van der Waals surface area contributed by atoms with Crippen molar-refractivity contribution in [2.24, 2.45) is 22.9 Å². The van der Waals surface area contributed by atoms with Gasteiger partial charge in [-0.2, -0.15) is 0 Å². The van der Waals surface area contributed by atoms with Crippen LogP contribution >= 0.6 is 11.6 Å². The zero-order valence-corrected chi connectivity index (χ0v) is 27.6. The predicted molar refractivity (Wildman–Crippen MR) is 172 cm³/mol. The minimum absolute atomic E-state index is 0.0775. The van der Waals surface area contributed by atoms with Gasteiger partial charge in [-0.15, -0.1) is 0 Å². The van der Waals surface area contributed by atoms with E-state index in [4.69, 9.17) is 26.2 Å². The first kappa shape index (κ1) is 32.6. The maximum Gasteiger partial charge on any atom is 0.337 e. The van der Waals surface area contributed by atoms with Gasteiger partial charge in [0.2, 0.25) is 15.9 Å². The van der Waals surface area contributed by atoms with Crippen molar-refractivity contribution in [1.82, 2.24) is 4.90 Å². The number of halogens is 1. The van der Waals surface area contributed by atoms with Crippen LogP contribution in [0.4, 0.5) is 5.69 Å². The molecule has 1 aliphatic heterocycles. The van der Waals surface area contributed by atoms with Crippen molar-refractivity contribution in [3.05, 3.63) is 58.1 Å². The number of carbonyl (C=O) groups is 2. The van der Waals surface area contributed by atoms with Gasteiger partial charge in [-0.3, -0.25) is 4.79 Å². The van der Waals surface area contributed by atoms with Crippen LogP contribution in [0.5, 0.6) is 5.75 Å². The second-order valence-corrected chi connectivity index (χ2v) is 15.5. The molecule has 240 valence electrons. The van der Waals surface area contributed by atoms with Gasteiger partial charge in [0.05, 0.1) is 30.2 Å². The van der Waals surface area contributed by atoms with Crippen LogP contribution in [0, 0.1) is 17.8 Å². The minimum atomic E-state index is -3.71. The Hall–Kier alpha value is -2.82. The summed E-state index contributed by atoms with van der Waals surface area (Å²) in [6.45, 7) is 5.93. The lowest BCUT2D eigenvalue weighted by Gasteiger charge is -2.45. The number of methoxy groups -OCH3 is 1. The molecular weight excluding hydrogens is 602 g/mol.